The van der Waals surface area contributed by atoms with Gasteiger partial charge in [-0.3, -0.25) is 0 Å². The van der Waals surface area contributed by atoms with Gasteiger partial charge < -0.3 is 11.1 Å². The fraction of sp³-hybridized carbons (Fsp3) is 0. The quantitative estimate of drug-likeness (QED) is 0.740. The number of benzene rings is 2. The molecule has 0 saturated carbocycles. The van der Waals surface area contributed by atoms with Gasteiger partial charge in [0.25, 0.3) is 0 Å². The van der Waals surface area contributed by atoms with E-state index in [2.05, 4.69) is 16.4 Å². The first-order chi connectivity index (χ1) is 9.78. The van der Waals surface area contributed by atoms with Crippen LogP contribution in [0.25, 0.3) is 10.8 Å². The van der Waals surface area contributed by atoms with Crippen molar-refractivity contribution in [1.82, 2.24) is 4.98 Å². The molecule has 0 fully saturated rings. The average molecular weight is 260 g/mol. The molecule has 20 heavy (non-hydrogen) atoms. The summed E-state index contributed by atoms with van der Waals surface area (Å²) in [6, 6.07) is 17.7. The molecule has 0 atom stereocenters. The molecule has 0 unspecified atom stereocenters. The highest BCUT2D eigenvalue weighted by molar-refractivity contribution is 5.95. The second-order valence-electron chi connectivity index (χ2n) is 4.43. The molecule has 3 rings (SSSR count). The van der Waals surface area contributed by atoms with E-state index in [1.165, 1.54) is 6.20 Å². The highest BCUT2D eigenvalue weighted by Gasteiger charge is 2.06. The maximum atomic E-state index is 9.15. The number of nitrogens with one attached hydrogen (secondary N) is 1. The predicted molar refractivity (Wildman–Crippen MR) is 80.6 cm³/mol. The van der Waals surface area contributed by atoms with Crippen LogP contribution in [0.1, 0.15) is 5.56 Å². The van der Waals surface area contributed by atoms with Gasteiger partial charge in [0.1, 0.15) is 11.9 Å². The zero-order valence-corrected chi connectivity index (χ0v) is 10.7. The van der Waals surface area contributed by atoms with Crippen molar-refractivity contribution in [3.05, 3.63) is 60.3 Å². The molecule has 0 aliphatic heterocycles. The number of pyridine rings is 1. The Balaban J connectivity index is 2.08. The van der Waals surface area contributed by atoms with Crippen LogP contribution < -0.4 is 11.1 Å². The Morgan fingerprint density at radius 1 is 1.10 bits per heavy atom. The van der Waals surface area contributed by atoms with Crippen molar-refractivity contribution in [3.63, 3.8) is 0 Å². The van der Waals surface area contributed by atoms with Gasteiger partial charge in [-0.05, 0) is 17.5 Å². The molecular formula is C16H12N4. The van der Waals surface area contributed by atoms with Crippen molar-refractivity contribution >= 4 is 28.0 Å². The van der Waals surface area contributed by atoms with E-state index in [-0.39, 0.29) is 0 Å². The number of aromatic nitrogens is 1. The molecule has 0 spiro atoms. The number of nitriles is 1. The van der Waals surface area contributed by atoms with E-state index in [0.29, 0.717) is 17.1 Å². The van der Waals surface area contributed by atoms with E-state index in [4.69, 9.17) is 11.0 Å². The maximum Gasteiger partial charge on any atom is 0.148 e. The number of hydrogen-bond donors (Lipinski definition) is 2. The Morgan fingerprint density at radius 2 is 1.90 bits per heavy atom. The Hall–Kier alpha value is -3.06. The fourth-order valence-corrected chi connectivity index (χ4v) is 2.13. The third-order valence-electron chi connectivity index (χ3n) is 3.07. The lowest BCUT2D eigenvalue weighted by atomic mass is 10.1. The lowest BCUT2D eigenvalue weighted by molar-refractivity contribution is 1.29. The van der Waals surface area contributed by atoms with Gasteiger partial charge in [0.15, 0.2) is 0 Å². The molecule has 1 aromatic heterocycles. The monoisotopic (exact) mass is 260 g/mol. The summed E-state index contributed by atoms with van der Waals surface area (Å²) in [4.78, 5) is 4.19. The Labute approximate surface area is 116 Å². The maximum absolute atomic E-state index is 9.15. The molecule has 3 aromatic rings. The van der Waals surface area contributed by atoms with Crippen molar-refractivity contribution in [1.29, 1.82) is 5.26 Å². The van der Waals surface area contributed by atoms with Gasteiger partial charge in [0.2, 0.25) is 0 Å². The topological polar surface area (TPSA) is 74.7 Å². The van der Waals surface area contributed by atoms with Crippen LogP contribution in [-0.2, 0) is 0 Å². The van der Waals surface area contributed by atoms with Gasteiger partial charge in [0, 0.05) is 11.1 Å². The normalized spacial score (nSPS) is 10.2. The molecule has 0 amide bonds. The summed E-state index contributed by atoms with van der Waals surface area (Å²) in [5.41, 5.74) is 7.46. The Bertz CT molecular complexity index is 813. The summed E-state index contributed by atoms with van der Waals surface area (Å²) in [7, 11) is 0. The molecular weight excluding hydrogens is 248 g/mol. The number of anilines is 3. The molecule has 0 aliphatic rings. The molecule has 4 nitrogen and oxygen atoms in total. The zero-order valence-electron chi connectivity index (χ0n) is 10.7. The van der Waals surface area contributed by atoms with Crippen LogP contribution in [0.4, 0.5) is 17.2 Å². The molecule has 4 heteroatoms. The second-order valence-corrected chi connectivity index (χ2v) is 4.43. The van der Waals surface area contributed by atoms with Crippen LogP contribution in [0.15, 0.2) is 54.7 Å². The van der Waals surface area contributed by atoms with E-state index in [0.717, 1.165) is 16.5 Å². The number of fused-ring (bicyclic) bond motifs is 1. The summed E-state index contributed by atoms with van der Waals surface area (Å²) in [5, 5.41) is 14.6. The first-order valence-corrected chi connectivity index (χ1v) is 6.18. The minimum Gasteiger partial charge on any atom is -0.397 e. The number of nitrogens with two attached hydrogens (primary N) is 1. The van der Waals surface area contributed by atoms with Crippen LogP contribution in [0.5, 0.6) is 0 Å². The van der Waals surface area contributed by atoms with E-state index < -0.39 is 0 Å². The largest absolute Gasteiger partial charge is 0.397 e. The third-order valence-corrected chi connectivity index (χ3v) is 3.07. The fourth-order valence-electron chi connectivity index (χ4n) is 2.13. The minimum atomic E-state index is 0.429. The van der Waals surface area contributed by atoms with Crippen LogP contribution >= 0.6 is 0 Å². The van der Waals surface area contributed by atoms with E-state index in [9.17, 15) is 0 Å². The molecule has 0 aliphatic carbocycles. The first-order valence-electron chi connectivity index (χ1n) is 6.18. The lowest BCUT2D eigenvalue weighted by Crippen LogP contribution is -1.99. The third kappa shape index (κ3) is 2.13. The number of rotatable bonds is 2. The summed E-state index contributed by atoms with van der Waals surface area (Å²) < 4.78 is 0. The molecule has 0 radical (unpaired) electrons. The number of hydrogen-bond acceptors (Lipinski definition) is 4. The van der Waals surface area contributed by atoms with E-state index in [1.54, 1.807) is 6.07 Å². The highest BCUT2D eigenvalue weighted by atomic mass is 15.0. The van der Waals surface area contributed by atoms with Crippen molar-refractivity contribution in [2.75, 3.05) is 11.1 Å². The standard InChI is InChI=1S/C16H12N4/c17-9-12-8-13(18)10-19-16(12)20-15-7-3-5-11-4-1-2-6-14(11)15/h1-8,10H,18H2,(H,19,20). The highest BCUT2D eigenvalue weighted by Crippen LogP contribution is 2.27. The van der Waals surface area contributed by atoms with Gasteiger partial charge in [0.05, 0.1) is 17.4 Å². The van der Waals surface area contributed by atoms with E-state index in [1.807, 2.05) is 42.5 Å². The summed E-state index contributed by atoms with van der Waals surface area (Å²) >= 11 is 0. The van der Waals surface area contributed by atoms with Crippen LogP contribution in [0.3, 0.4) is 0 Å². The average Bonchev–Trinajstić information content (AvgIpc) is 2.49. The molecule has 2 aromatic carbocycles. The summed E-state index contributed by atoms with van der Waals surface area (Å²) in [5.74, 6) is 0.512. The summed E-state index contributed by atoms with van der Waals surface area (Å²) in [6.07, 6.45) is 1.54. The number of nitrogens with zero attached hydrogens (tertiary/aromatic N) is 2. The first kappa shape index (κ1) is 12.0. The van der Waals surface area contributed by atoms with Gasteiger partial charge >= 0.3 is 0 Å². The SMILES string of the molecule is N#Cc1cc(N)cnc1Nc1cccc2ccccc12. The lowest BCUT2D eigenvalue weighted by Gasteiger charge is -2.10. The van der Waals surface area contributed by atoms with Crippen molar-refractivity contribution in [2.45, 2.75) is 0 Å². The molecule has 3 N–H and O–H groups in total. The van der Waals surface area contributed by atoms with Gasteiger partial charge in [-0.1, -0.05) is 36.4 Å². The zero-order chi connectivity index (χ0) is 13.9. The Kier molecular flexibility index (Phi) is 2.94. The van der Waals surface area contributed by atoms with Gasteiger partial charge in [-0.2, -0.15) is 5.26 Å². The van der Waals surface area contributed by atoms with Crippen molar-refractivity contribution in [2.24, 2.45) is 0 Å². The van der Waals surface area contributed by atoms with Crippen LogP contribution in [0, 0.1) is 11.3 Å². The minimum absolute atomic E-state index is 0.429. The van der Waals surface area contributed by atoms with Crippen molar-refractivity contribution in [3.8, 4) is 6.07 Å². The Morgan fingerprint density at radius 3 is 2.75 bits per heavy atom. The number of nitrogen functional groups attached to an aromatic ring is 1. The summed E-state index contributed by atoms with van der Waals surface area (Å²) in [6.45, 7) is 0. The van der Waals surface area contributed by atoms with Crippen LogP contribution in [-0.4, -0.2) is 4.98 Å². The molecule has 1 heterocycles. The van der Waals surface area contributed by atoms with Gasteiger partial charge in [-0.15, -0.1) is 0 Å². The molecule has 96 valence electrons. The van der Waals surface area contributed by atoms with Crippen LogP contribution in [0.2, 0.25) is 0 Å². The predicted octanol–water partition coefficient (Wildman–Crippen LogP) is 3.43. The van der Waals surface area contributed by atoms with Crippen molar-refractivity contribution < 1.29 is 0 Å². The molecule has 0 bridgehead atoms. The second kappa shape index (κ2) is 4.90. The van der Waals surface area contributed by atoms with Gasteiger partial charge in [-0.25, -0.2) is 4.98 Å². The van der Waals surface area contributed by atoms with E-state index >= 15 is 0 Å². The smallest absolute Gasteiger partial charge is 0.148 e. The molecule has 0 saturated heterocycles.